The highest BCUT2D eigenvalue weighted by Crippen LogP contribution is 2.23. The molecular formula is C21H22N4O. The Kier molecular flexibility index (Phi) is 4.98. The van der Waals surface area contributed by atoms with Gasteiger partial charge >= 0.3 is 0 Å². The number of anilines is 3. The zero-order chi connectivity index (χ0) is 18.7. The number of hydrogen-bond acceptors (Lipinski definition) is 4. The maximum Gasteiger partial charge on any atom is 0.274 e. The molecule has 0 fully saturated rings. The Labute approximate surface area is 153 Å². The van der Waals surface area contributed by atoms with Crippen molar-refractivity contribution in [2.24, 2.45) is 0 Å². The number of benzene rings is 2. The van der Waals surface area contributed by atoms with Gasteiger partial charge in [0.1, 0.15) is 5.69 Å². The molecule has 0 radical (unpaired) electrons. The van der Waals surface area contributed by atoms with Crippen molar-refractivity contribution in [3.05, 3.63) is 77.1 Å². The van der Waals surface area contributed by atoms with Crippen molar-refractivity contribution in [1.82, 2.24) is 9.97 Å². The first-order valence-electron chi connectivity index (χ1n) is 8.46. The van der Waals surface area contributed by atoms with E-state index in [1.54, 1.807) is 12.3 Å². The largest absolute Gasteiger partial charge is 0.320 e. The lowest BCUT2D eigenvalue weighted by Crippen LogP contribution is -2.19. The summed E-state index contributed by atoms with van der Waals surface area (Å²) in [6.07, 6.45) is 1.60. The third-order valence-corrected chi connectivity index (χ3v) is 4.23. The van der Waals surface area contributed by atoms with E-state index in [0.717, 1.165) is 22.5 Å². The van der Waals surface area contributed by atoms with E-state index in [1.807, 2.05) is 63.1 Å². The van der Waals surface area contributed by atoms with Gasteiger partial charge in [-0.2, -0.15) is 0 Å². The van der Waals surface area contributed by atoms with Crippen LogP contribution < -0.4 is 10.2 Å². The first kappa shape index (κ1) is 17.6. The zero-order valence-corrected chi connectivity index (χ0v) is 15.4. The van der Waals surface area contributed by atoms with Crippen LogP contribution in [0.3, 0.4) is 0 Å². The predicted octanol–water partition coefficient (Wildman–Crippen LogP) is 4.42. The van der Waals surface area contributed by atoms with Crippen LogP contribution in [0.25, 0.3) is 0 Å². The van der Waals surface area contributed by atoms with E-state index < -0.39 is 0 Å². The maximum absolute atomic E-state index is 12.7. The van der Waals surface area contributed by atoms with E-state index in [9.17, 15) is 4.79 Å². The summed E-state index contributed by atoms with van der Waals surface area (Å²) in [6, 6.07) is 15.5. The number of nitrogens with one attached hydrogen (secondary N) is 1. The fraction of sp³-hybridized carbons (Fsp3) is 0.190. The summed E-state index contributed by atoms with van der Waals surface area (Å²) >= 11 is 0. The molecule has 0 aliphatic carbocycles. The van der Waals surface area contributed by atoms with Gasteiger partial charge in [0, 0.05) is 24.6 Å². The lowest BCUT2D eigenvalue weighted by molar-refractivity contribution is 0.102. The van der Waals surface area contributed by atoms with Crippen molar-refractivity contribution >= 4 is 23.2 Å². The minimum atomic E-state index is -0.245. The van der Waals surface area contributed by atoms with Crippen molar-refractivity contribution in [3.63, 3.8) is 0 Å². The van der Waals surface area contributed by atoms with Crippen LogP contribution in [0.5, 0.6) is 0 Å². The van der Waals surface area contributed by atoms with Crippen LogP contribution in [0.15, 0.2) is 54.7 Å². The molecule has 1 aromatic heterocycles. The summed E-state index contributed by atoms with van der Waals surface area (Å²) in [6.45, 7) is 6.02. The van der Waals surface area contributed by atoms with Crippen molar-refractivity contribution in [3.8, 4) is 0 Å². The Hall–Kier alpha value is -3.21. The fourth-order valence-electron chi connectivity index (χ4n) is 2.96. The summed E-state index contributed by atoms with van der Waals surface area (Å²) in [5, 5.41) is 2.98. The molecule has 0 unspecified atom stereocenters. The average molecular weight is 346 g/mol. The van der Waals surface area contributed by atoms with Crippen LogP contribution in [0.4, 0.5) is 17.3 Å². The van der Waals surface area contributed by atoms with Crippen LogP contribution in [-0.2, 0) is 0 Å². The third-order valence-electron chi connectivity index (χ3n) is 4.23. The molecule has 1 heterocycles. The summed E-state index contributed by atoms with van der Waals surface area (Å²) < 4.78 is 0. The lowest BCUT2D eigenvalue weighted by Gasteiger charge is -2.17. The summed E-state index contributed by atoms with van der Waals surface area (Å²) in [5.74, 6) is 0.228. The van der Waals surface area contributed by atoms with Crippen LogP contribution in [0.1, 0.15) is 27.2 Å². The third kappa shape index (κ3) is 3.72. The molecule has 0 saturated heterocycles. The SMILES string of the molecule is Cc1cc(C)c(NC(=O)c2ccnc(N(C)c3ccccc3)n2)c(C)c1. The number of carbonyl (C=O) groups is 1. The van der Waals surface area contributed by atoms with Gasteiger partial charge in [0.15, 0.2) is 0 Å². The van der Waals surface area contributed by atoms with Gasteiger partial charge < -0.3 is 10.2 Å². The maximum atomic E-state index is 12.7. The minimum Gasteiger partial charge on any atom is -0.320 e. The second-order valence-corrected chi connectivity index (χ2v) is 6.36. The fourth-order valence-corrected chi connectivity index (χ4v) is 2.96. The summed E-state index contributed by atoms with van der Waals surface area (Å²) in [5.41, 5.74) is 5.36. The van der Waals surface area contributed by atoms with Crippen LogP contribution in [-0.4, -0.2) is 22.9 Å². The Morgan fingerprint density at radius 1 is 1.00 bits per heavy atom. The molecule has 0 saturated carbocycles. The van der Waals surface area contributed by atoms with E-state index in [2.05, 4.69) is 27.4 Å². The van der Waals surface area contributed by atoms with E-state index >= 15 is 0 Å². The lowest BCUT2D eigenvalue weighted by atomic mass is 10.1. The van der Waals surface area contributed by atoms with Crippen LogP contribution in [0, 0.1) is 20.8 Å². The molecule has 5 heteroatoms. The Balaban J connectivity index is 1.85. The molecule has 0 aliphatic rings. The first-order chi connectivity index (χ1) is 12.5. The zero-order valence-electron chi connectivity index (χ0n) is 15.4. The highest BCUT2D eigenvalue weighted by molar-refractivity contribution is 6.03. The average Bonchev–Trinajstić information content (AvgIpc) is 2.64. The second kappa shape index (κ2) is 7.35. The number of hydrogen-bond donors (Lipinski definition) is 1. The normalized spacial score (nSPS) is 10.5. The van der Waals surface area contributed by atoms with E-state index in [1.165, 1.54) is 5.56 Å². The molecule has 26 heavy (non-hydrogen) atoms. The van der Waals surface area contributed by atoms with E-state index in [4.69, 9.17) is 0 Å². The molecule has 0 atom stereocenters. The molecule has 1 amide bonds. The van der Waals surface area contributed by atoms with Crippen molar-refractivity contribution in [1.29, 1.82) is 0 Å². The number of nitrogens with zero attached hydrogens (tertiary/aromatic N) is 3. The Morgan fingerprint density at radius 3 is 2.31 bits per heavy atom. The molecule has 132 valence electrons. The molecule has 0 bridgehead atoms. The van der Waals surface area contributed by atoms with Gasteiger partial charge in [-0.25, -0.2) is 9.97 Å². The number of aromatic nitrogens is 2. The molecule has 3 aromatic rings. The topological polar surface area (TPSA) is 58.1 Å². The number of rotatable bonds is 4. The molecule has 0 aliphatic heterocycles. The monoisotopic (exact) mass is 346 g/mol. The molecule has 5 nitrogen and oxygen atoms in total. The van der Waals surface area contributed by atoms with Gasteiger partial charge in [-0.05, 0) is 50.1 Å². The Bertz CT molecular complexity index is 915. The van der Waals surface area contributed by atoms with E-state index in [0.29, 0.717) is 11.6 Å². The molecular weight excluding hydrogens is 324 g/mol. The highest BCUT2D eigenvalue weighted by Gasteiger charge is 2.14. The van der Waals surface area contributed by atoms with E-state index in [-0.39, 0.29) is 5.91 Å². The van der Waals surface area contributed by atoms with Crippen molar-refractivity contribution in [2.45, 2.75) is 20.8 Å². The van der Waals surface area contributed by atoms with Gasteiger partial charge in [0.05, 0.1) is 0 Å². The minimum absolute atomic E-state index is 0.245. The Morgan fingerprint density at radius 2 is 1.65 bits per heavy atom. The summed E-state index contributed by atoms with van der Waals surface area (Å²) in [7, 11) is 1.88. The molecule has 2 aromatic carbocycles. The highest BCUT2D eigenvalue weighted by atomic mass is 16.1. The van der Waals surface area contributed by atoms with Crippen LogP contribution >= 0.6 is 0 Å². The molecule has 3 rings (SSSR count). The van der Waals surface area contributed by atoms with Gasteiger partial charge in [-0.1, -0.05) is 35.9 Å². The first-order valence-corrected chi connectivity index (χ1v) is 8.46. The number of aryl methyl sites for hydroxylation is 3. The van der Waals surface area contributed by atoms with Gasteiger partial charge in [0.25, 0.3) is 5.91 Å². The number of amides is 1. The molecule has 0 spiro atoms. The number of para-hydroxylation sites is 1. The summed E-state index contributed by atoms with van der Waals surface area (Å²) in [4.78, 5) is 23.3. The van der Waals surface area contributed by atoms with Gasteiger partial charge in [-0.3, -0.25) is 4.79 Å². The standard InChI is InChI=1S/C21H22N4O/c1-14-12-15(2)19(16(3)13-14)24-20(26)18-10-11-22-21(23-18)25(4)17-8-6-5-7-9-17/h5-13H,1-4H3,(H,24,26). The van der Waals surface area contributed by atoms with Crippen molar-refractivity contribution in [2.75, 3.05) is 17.3 Å². The quantitative estimate of drug-likeness (QED) is 0.759. The molecule has 1 N–H and O–H groups in total. The van der Waals surface area contributed by atoms with Crippen molar-refractivity contribution < 1.29 is 4.79 Å². The predicted molar refractivity (Wildman–Crippen MR) is 105 cm³/mol. The smallest absolute Gasteiger partial charge is 0.274 e. The number of carbonyl (C=O) groups excluding carboxylic acids is 1. The van der Waals surface area contributed by atoms with Gasteiger partial charge in [0.2, 0.25) is 5.95 Å². The van der Waals surface area contributed by atoms with Gasteiger partial charge in [-0.15, -0.1) is 0 Å². The van der Waals surface area contributed by atoms with Crippen LogP contribution in [0.2, 0.25) is 0 Å². The second-order valence-electron chi connectivity index (χ2n) is 6.36.